The third-order valence-electron chi connectivity index (χ3n) is 17.1. The first-order valence-electron chi connectivity index (χ1n) is 32.6. The van der Waals surface area contributed by atoms with Crippen LogP contribution in [0.5, 0.6) is 0 Å². The second kappa shape index (κ2) is 31.5. The van der Waals surface area contributed by atoms with Gasteiger partial charge in [-0.25, -0.2) is 9.59 Å². The number of alkyl carbamates (subject to hydrolysis) is 2. The van der Waals surface area contributed by atoms with Crippen LogP contribution in [0.1, 0.15) is 134 Å². The summed E-state index contributed by atoms with van der Waals surface area (Å²) in [5.41, 5.74) is 3.41. The zero-order chi connectivity index (χ0) is 70.7. The van der Waals surface area contributed by atoms with Crippen molar-refractivity contribution < 1.29 is 74.1 Å². The molecule has 2 aromatic heterocycles. The van der Waals surface area contributed by atoms with Crippen molar-refractivity contribution in [1.29, 1.82) is 0 Å². The normalized spacial score (nSPS) is 17.4. The van der Waals surface area contributed by atoms with E-state index >= 15 is 0 Å². The Balaban J connectivity index is 0.000000229. The van der Waals surface area contributed by atoms with Gasteiger partial charge in [-0.3, -0.25) is 29.1 Å². The van der Waals surface area contributed by atoms with Crippen molar-refractivity contribution in [2.24, 2.45) is 11.8 Å². The number of hydrogen-bond donors (Lipinski definition) is 4. The molecule has 4 saturated heterocycles. The lowest BCUT2D eigenvalue weighted by Crippen LogP contribution is -2.50. The standard InChI is InChI=1S/2C36H42F3N5O5/c2*1-23(42-32(45)28-17-30(21-40-19-28)43-12-14-44(15-13-43)33(46)27-11-16-48-22-27)24-5-7-25(8-6-24)31-18-29(36(37,38)39)10-9-26(31)20-41-34(47)49-35(2,3)4/h2*5-10,17-19,21,23,27H,11-16,20,22H2,1-4H3,(H,41,47)(H,42,45)/t2*23-,27?/m11/s1. The summed E-state index contributed by atoms with van der Waals surface area (Å²) >= 11 is 0. The van der Waals surface area contributed by atoms with Crippen LogP contribution in [-0.2, 0) is 54.0 Å². The van der Waals surface area contributed by atoms with Crippen LogP contribution in [0, 0.1) is 11.8 Å². The molecule has 4 fully saturated rings. The van der Waals surface area contributed by atoms with Gasteiger partial charge in [0.1, 0.15) is 11.2 Å². The number of pyridine rings is 2. The van der Waals surface area contributed by atoms with Crippen molar-refractivity contribution in [2.75, 3.05) is 88.6 Å². The van der Waals surface area contributed by atoms with Gasteiger partial charge in [0, 0.05) is 91.1 Å². The lowest BCUT2D eigenvalue weighted by Gasteiger charge is -2.37. The highest BCUT2D eigenvalue weighted by atomic mass is 19.4. The van der Waals surface area contributed by atoms with Gasteiger partial charge in [0.15, 0.2) is 0 Å². The van der Waals surface area contributed by atoms with Crippen LogP contribution in [0.4, 0.5) is 47.3 Å². The molecular weight excluding hydrogens is 1280 g/mol. The van der Waals surface area contributed by atoms with Crippen LogP contribution >= 0.6 is 0 Å². The maximum atomic E-state index is 13.6. The summed E-state index contributed by atoms with van der Waals surface area (Å²) in [5.74, 6) is -0.510. The Morgan fingerprint density at radius 2 is 0.857 bits per heavy atom. The van der Waals surface area contributed by atoms with E-state index in [1.165, 1.54) is 24.5 Å². The lowest BCUT2D eigenvalue weighted by atomic mass is 9.95. The Bertz CT molecular complexity index is 3530. The van der Waals surface area contributed by atoms with Gasteiger partial charge in [-0.1, -0.05) is 60.7 Å². The fraction of sp³-hybridized carbons (Fsp3) is 0.444. The Labute approximate surface area is 566 Å². The Morgan fingerprint density at radius 1 is 0.500 bits per heavy atom. The van der Waals surface area contributed by atoms with Crippen molar-refractivity contribution in [2.45, 2.75) is 117 Å². The molecule has 98 heavy (non-hydrogen) atoms. The van der Waals surface area contributed by atoms with E-state index in [0.29, 0.717) is 123 Å². The quantitative estimate of drug-likeness (QED) is 0.0662. The third kappa shape index (κ3) is 19.9. The maximum absolute atomic E-state index is 13.6. The second-order valence-corrected chi connectivity index (χ2v) is 26.7. The fourth-order valence-corrected chi connectivity index (χ4v) is 11.7. The number of nitrogens with zero attached hydrogens (tertiary/aromatic N) is 6. The Hall–Kier alpha value is -9.30. The number of amides is 6. The molecule has 10 rings (SSSR count). The van der Waals surface area contributed by atoms with Gasteiger partial charge in [-0.05, 0) is 149 Å². The molecular formula is C72H84F6N10O10. The molecule has 26 heteroatoms. The number of anilines is 2. The number of aromatic nitrogens is 2. The minimum absolute atomic E-state index is 0.0343. The van der Waals surface area contributed by atoms with Crippen LogP contribution in [0.3, 0.4) is 0 Å². The van der Waals surface area contributed by atoms with Gasteiger partial charge in [-0.2, -0.15) is 26.3 Å². The molecule has 0 aliphatic carbocycles. The molecule has 20 nitrogen and oxygen atoms in total. The highest BCUT2D eigenvalue weighted by Crippen LogP contribution is 2.37. The molecule has 0 radical (unpaired) electrons. The monoisotopic (exact) mass is 1360 g/mol. The lowest BCUT2D eigenvalue weighted by molar-refractivity contribution is -0.138. The first-order chi connectivity index (χ1) is 46.3. The summed E-state index contributed by atoms with van der Waals surface area (Å²) in [6.07, 6.45) is -2.54. The van der Waals surface area contributed by atoms with Gasteiger partial charge in [0.05, 0.1) is 83.2 Å². The van der Waals surface area contributed by atoms with E-state index in [2.05, 4.69) is 41.0 Å². The third-order valence-corrected chi connectivity index (χ3v) is 17.1. The van der Waals surface area contributed by atoms with Gasteiger partial charge < -0.3 is 59.8 Å². The zero-order valence-corrected chi connectivity index (χ0v) is 56.2. The van der Waals surface area contributed by atoms with Crippen molar-refractivity contribution >= 4 is 47.2 Å². The molecule has 524 valence electrons. The molecule has 6 heterocycles. The Kier molecular flexibility index (Phi) is 23.4. The molecule has 2 unspecified atom stereocenters. The molecule has 6 amide bonds. The van der Waals surface area contributed by atoms with Crippen LogP contribution < -0.4 is 31.1 Å². The molecule has 0 spiro atoms. The van der Waals surface area contributed by atoms with Crippen molar-refractivity contribution in [3.63, 3.8) is 0 Å². The van der Waals surface area contributed by atoms with E-state index in [1.54, 1.807) is 115 Å². The number of carbonyl (C=O) groups is 6. The van der Waals surface area contributed by atoms with Crippen molar-refractivity contribution in [3.05, 3.63) is 166 Å². The van der Waals surface area contributed by atoms with Crippen LogP contribution in [0.25, 0.3) is 22.3 Å². The minimum atomic E-state index is -4.55. The fourth-order valence-electron chi connectivity index (χ4n) is 11.7. The highest BCUT2D eigenvalue weighted by molar-refractivity contribution is 5.96. The van der Waals surface area contributed by atoms with E-state index in [-0.39, 0.29) is 48.6 Å². The van der Waals surface area contributed by atoms with Crippen LogP contribution in [-0.4, -0.2) is 146 Å². The Morgan fingerprint density at radius 3 is 1.17 bits per heavy atom. The van der Waals surface area contributed by atoms with E-state index < -0.39 is 59.0 Å². The summed E-state index contributed by atoms with van der Waals surface area (Å²) in [7, 11) is 0. The molecule has 0 saturated carbocycles. The van der Waals surface area contributed by atoms with E-state index in [1.807, 2.05) is 23.6 Å². The molecule has 6 aromatic rings. The number of piperazine rings is 2. The summed E-state index contributed by atoms with van der Waals surface area (Å²) in [5, 5.41) is 11.2. The largest absolute Gasteiger partial charge is 0.444 e. The number of rotatable bonds is 16. The average Bonchev–Trinajstić information content (AvgIpc) is 1.58. The number of alkyl halides is 6. The highest BCUT2D eigenvalue weighted by Gasteiger charge is 2.35. The molecule has 4 N–H and O–H groups in total. The summed E-state index contributed by atoms with van der Waals surface area (Å²) in [4.78, 5) is 93.0. The smallest absolute Gasteiger partial charge is 0.416 e. The molecule has 4 aromatic carbocycles. The predicted octanol–water partition coefficient (Wildman–Crippen LogP) is 11.9. The van der Waals surface area contributed by atoms with E-state index in [4.69, 9.17) is 18.9 Å². The molecule has 4 atom stereocenters. The van der Waals surface area contributed by atoms with Crippen molar-refractivity contribution in [3.8, 4) is 22.3 Å². The van der Waals surface area contributed by atoms with Gasteiger partial charge in [0.25, 0.3) is 11.8 Å². The maximum Gasteiger partial charge on any atom is 0.416 e. The first-order valence-corrected chi connectivity index (χ1v) is 32.6. The SMILES string of the molecule is C[C@@H](NC(=O)c1cncc(N2CCN(C(=O)C3CCOC3)CC2)c1)c1ccc(-c2cc(C(F)(F)F)ccc2CNC(=O)OC(C)(C)C)cc1.C[C@@H](NC(=O)c1cncc(N2CCN(C(=O)C3CCOC3)CC2)c1)c1ccc(-c2cc(C(F)(F)F)ccc2CNC(=O)OC(C)(C)C)cc1. The number of nitrogens with one attached hydrogen (secondary N) is 4. The molecule has 4 aliphatic rings. The van der Waals surface area contributed by atoms with Crippen LogP contribution in [0.2, 0.25) is 0 Å². The second-order valence-electron chi connectivity index (χ2n) is 26.7. The first kappa shape index (κ1) is 73.0. The average molecular weight is 1360 g/mol. The topological polar surface area (TPSA) is 226 Å². The number of ether oxygens (including phenoxy) is 4. The number of carbonyl (C=O) groups excluding carboxylic acids is 6. The zero-order valence-electron chi connectivity index (χ0n) is 56.2. The van der Waals surface area contributed by atoms with Gasteiger partial charge in [0.2, 0.25) is 11.8 Å². The molecule has 0 bridgehead atoms. The number of benzene rings is 4. The van der Waals surface area contributed by atoms with E-state index in [9.17, 15) is 55.1 Å². The van der Waals surface area contributed by atoms with E-state index in [0.717, 1.165) is 59.6 Å². The summed E-state index contributed by atoms with van der Waals surface area (Å²) in [6.45, 7) is 20.9. The number of halogens is 6. The van der Waals surface area contributed by atoms with Gasteiger partial charge in [-0.15, -0.1) is 0 Å². The predicted molar refractivity (Wildman–Crippen MR) is 356 cm³/mol. The summed E-state index contributed by atoms with van der Waals surface area (Å²) in [6, 6.07) is 23.3. The minimum Gasteiger partial charge on any atom is -0.444 e. The van der Waals surface area contributed by atoms with Gasteiger partial charge >= 0.3 is 24.5 Å². The molecule has 4 aliphatic heterocycles. The van der Waals surface area contributed by atoms with Crippen LogP contribution in [0.15, 0.2) is 122 Å². The number of hydrogen-bond acceptors (Lipinski definition) is 14. The summed E-state index contributed by atoms with van der Waals surface area (Å²) < 4.78 is 103. The van der Waals surface area contributed by atoms with Crippen molar-refractivity contribution in [1.82, 2.24) is 41.0 Å².